The van der Waals surface area contributed by atoms with Crippen molar-refractivity contribution < 1.29 is 0 Å². The van der Waals surface area contributed by atoms with Crippen LogP contribution in [0, 0.1) is 16.7 Å². The third-order valence-electron chi connectivity index (χ3n) is 4.02. The van der Waals surface area contributed by atoms with Gasteiger partial charge in [0, 0.05) is 19.1 Å². The van der Waals surface area contributed by atoms with Crippen LogP contribution in [-0.2, 0) is 0 Å². The van der Waals surface area contributed by atoms with E-state index in [1.54, 1.807) is 0 Å². The fraction of sp³-hybridized carbons (Fsp3) is 0.929. The summed E-state index contributed by atoms with van der Waals surface area (Å²) < 4.78 is 0. The largest absolute Gasteiger partial charge is 0.329 e. The van der Waals surface area contributed by atoms with Crippen LogP contribution >= 0.6 is 0 Å². The van der Waals surface area contributed by atoms with Crippen LogP contribution in [0.2, 0.25) is 0 Å². The Morgan fingerprint density at radius 3 is 2.59 bits per heavy atom. The Hall–Kier alpha value is -0.590. The van der Waals surface area contributed by atoms with Gasteiger partial charge in [-0.1, -0.05) is 26.2 Å². The van der Waals surface area contributed by atoms with Crippen LogP contribution in [0.25, 0.3) is 0 Å². The summed E-state index contributed by atoms with van der Waals surface area (Å²) in [6, 6.07) is 3.19. The summed E-state index contributed by atoms with van der Waals surface area (Å²) in [4.78, 5) is 0. The van der Waals surface area contributed by atoms with Gasteiger partial charge < -0.3 is 11.1 Å². The predicted molar refractivity (Wildman–Crippen MR) is 71.5 cm³/mol. The monoisotopic (exact) mass is 237 g/mol. The van der Waals surface area contributed by atoms with Gasteiger partial charge in [-0.25, -0.2) is 0 Å². The number of hydrogen-bond donors (Lipinski definition) is 2. The Bertz CT molecular complexity index is 236. The molecule has 0 bridgehead atoms. The van der Waals surface area contributed by atoms with Crippen molar-refractivity contribution in [3.63, 3.8) is 0 Å². The molecule has 1 aliphatic carbocycles. The molecule has 1 saturated carbocycles. The minimum Gasteiger partial charge on any atom is -0.329 e. The molecule has 0 atom stereocenters. The summed E-state index contributed by atoms with van der Waals surface area (Å²) >= 11 is 0. The number of rotatable bonds is 7. The molecular formula is C14H27N3. The van der Waals surface area contributed by atoms with Crippen LogP contribution in [0.1, 0.15) is 58.3 Å². The fourth-order valence-electron chi connectivity index (χ4n) is 2.79. The third-order valence-corrected chi connectivity index (χ3v) is 4.02. The molecule has 0 aromatic heterocycles. The quantitative estimate of drug-likeness (QED) is 0.669. The maximum absolute atomic E-state index is 9.41. The van der Waals surface area contributed by atoms with E-state index in [9.17, 15) is 5.26 Å². The van der Waals surface area contributed by atoms with Gasteiger partial charge in [0.1, 0.15) is 0 Å². The molecule has 17 heavy (non-hydrogen) atoms. The second-order valence-electron chi connectivity index (χ2n) is 5.37. The number of nitrogens with two attached hydrogens (primary N) is 1. The zero-order chi connectivity index (χ0) is 12.6. The average molecular weight is 237 g/mol. The number of nitrogens with one attached hydrogen (secondary N) is 1. The van der Waals surface area contributed by atoms with Crippen molar-refractivity contribution in [2.24, 2.45) is 11.1 Å². The van der Waals surface area contributed by atoms with Gasteiger partial charge in [-0.2, -0.15) is 5.26 Å². The van der Waals surface area contributed by atoms with Crippen LogP contribution in [0.15, 0.2) is 0 Å². The van der Waals surface area contributed by atoms with Gasteiger partial charge in [0.05, 0.1) is 11.5 Å². The molecule has 0 amide bonds. The molecule has 1 aliphatic rings. The second kappa shape index (κ2) is 7.68. The Morgan fingerprint density at radius 2 is 2.06 bits per heavy atom. The molecule has 3 heteroatoms. The number of hydrogen-bond acceptors (Lipinski definition) is 3. The molecule has 0 heterocycles. The first-order chi connectivity index (χ1) is 8.26. The fourth-order valence-corrected chi connectivity index (χ4v) is 2.79. The zero-order valence-electron chi connectivity index (χ0n) is 11.2. The molecule has 1 fully saturated rings. The smallest absolute Gasteiger partial charge is 0.0689 e. The van der Waals surface area contributed by atoms with Crippen molar-refractivity contribution in [1.29, 1.82) is 5.26 Å². The van der Waals surface area contributed by atoms with Crippen LogP contribution in [0.5, 0.6) is 0 Å². The van der Waals surface area contributed by atoms with Crippen LogP contribution < -0.4 is 11.1 Å². The highest BCUT2D eigenvalue weighted by Gasteiger charge is 2.34. The lowest BCUT2D eigenvalue weighted by Crippen LogP contribution is -2.39. The summed E-state index contributed by atoms with van der Waals surface area (Å²) in [7, 11) is 0. The topological polar surface area (TPSA) is 61.8 Å². The second-order valence-corrected chi connectivity index (χ2v) is 5.37. The van der Waals surface area contributed by atoms with E-state index in [1.165, 1.54) is 19.3 Å². The van der Waals surface area contributed by atoms with Gasteiger partial charge in [0.2, 0.25) is 0 Å². The molecule has 0 aromatic rings. The minimum absolute atomic E-state index is 0.0178. The lowest BCUT2D eigenvalue weighted by molar-refractivity contribution is 0.207. The van der Waals surface area contributed by atoms with E-state index in [1.807, 2.05) is 0 Å². The summed E-state index contributed by atoms with van der Waals surface area (Å²) in [5.41, 5.74) is 5.47. The SMILES string of the molecule is CCCCCC1(C#N)CCC(NCCN)CC1. The first-order valence-electron chi connectivity index (χ1n) is 7.11. The summed E-state index contributed by atoms with van der Waals surface area (Å²) in [6.07, 6.45) is 9.22. The molecule has 0 radical (unpaired) electrons. The Morgan fingerprint density at radius 1 is 1.35 bits per heavy atom. The molecule has 0 spiro atoms. The van der Waals surface area contributed by atoms with Crippen molar-refractivity contribution in [3.8, 4) is 6.07 Å². The maximum Gasteiger partial charge on any atom is 0.0689 e. The van der Waals surface area contributed by atoms with Crippen molar-refractivity contribution in [2.45, 2.75) is 64.3 Å². The molecule has 3 nitrogen and oxygen atoms in total. The molecule has 0 aliphatic heterocycles. The van der Waals surface area contributed by atoms with E-state index in [0.717, 1.165) is 38.6 Å². The predicted octanol–water partition coefficient (Wildman–Crippen LogP) is 2.57. The maximum atomic E-state index is 9.41. The molecule has 0 aromatic carbocycles. The van der Waals surface area contributed by atoms with E-state index in [-0.39, 0.29) is 5.41 Å². The summed E-state index contributed by atoms with van der Waals surface area (Å²) in [5, 5.41) is 12.9. The van der Waals surface area contributed by atoms with E-state index < -0.39 is 0 Å². The average Bonchev–Trinajstić information content (AvgIpc) is 2.38. The first kappa shape index (κ1) is 14.5. The van der Waals surface area contributed by atoms with Crippen LogP contribution in [0.3, 0.4) is 0 Å². The van der Waals surface area contributed by atoms with E-state index in [2.05, 4.69) is 18.3 Å². The first-order valence-corrected chi connectivity index (χ1v) is 7.11. The molecule has 98 valence electrons. The van der Waals surface area contributed by atoms with Gasteiger partial charge in [-0.05, 0) is 32.1 Å². The Kier molecular flexibility index (Phi) is 6.54. The zero-order valence-corrected chi connectivity index (χ0v) is 11.2. The number of nitrogens with zero attached hydrogens (tertiary/aromatic N) is 1. The van der Waals surface area contributed by atoms with E-state index in [4.69, 9.17) is 5.73 Å². The molecule has 0 saturated heterocycles. The highest BCUT2D eigenvalue weighted by Crippen LogP contribution is 2.40. The standard InChI is InChI=1S/C14H27N3/c1-2-3-4-7-14(12-16)8-5-13(6-9-14)17-11-10-15/h13,17H,2-11,15H2,1H3. The third kappa shape index (κ3) is 4.65. The lowest BCUT2D eigenvalue weighted by Gasteiger charge is -2.35. The molecule has 1 rings (SSSR count). The summed E-state index contributed by atoms with van der Waals surface area (Å²) in [5.74, 6) is 0. The van der Waals surface area contributed by atoms with Crippen molar-refractivity contribution in [1.82, 2.24) is 5.32 Å². The highest BCUT2D eigenvalue weighted by molar-refractivity contribution is 5.02. The van der Waals surface area contributed by atoms with Crippen LogP contribution in [-0.4, -0.2) is 19.1 Å². The molecule has 3 N–H and O–H groups in total. The van der Waals surface area contributed by atoms with Gasteiger partial charge in [0.25, 0.3) is 0 Å². The van der Waals surface area contributed by atoms with Gasteiger partial charge in [-0.3, -0.25) is 0 Å². The van der Waals surface area contributed by atoms with Crippen molar-refractivity contribution in [3.05, 3.63) is 0 Å². The van der Waals surface area contributed by atoms with Gasteiger partial charge in [-0.15, -0.1) is 0 Å². The van der Waals surface area contributed by atoms with Crippen molar-refractivity contribution >= 4 is 0 Å². The highest BCUT2D eigenvalue weighted by atomic mass is 14.9. The summed E-state index contributed by atoms with van der Waals surface area (Å²) in [6.45, 7) is 3.82. The number of unbranched alkanes of at least 4 members (excludes halogenated alkanes) is 2. The van der Waals surface area contributed by atoms with Crippen molar-refractivity contribution in [2.75, 3.05) is 13.1 Å². The van der Waals surface area contributed by atoms with Gasteiger partial charge >= 0.3 is 0 Å². The number of nitriles is 1. The van der Waals surface area contributed by atoms with Crippen LogP contribution in [0.4, 0.5) is 0 Å². The van der Waals surface area contributed by atoms with E-state index >= 15 is 0 Å². The molecule has 0 unspecified atom stereocenters. The lowest BCUT2D eigenvalue weighted by atomic mass is 9.70. The minimum atomic E-state index is -0.0178. The normalized spacial score (nSPS) is 28.9. The Labute approximate surface area is 106 Å². The van der Waals surface area contributed by atoms with Gasteiger partial charge in [0.15, 0.2) is 0 Å². The Balaban J connectivity index is 2.32. The molecular weight excluding hydrogens is 210 g/mol. The van der Waals surface area contributed by atoms with E-state index in [0.29, 0.717) is 12.6 Å².